The van der Waals surface area contributed by atoms with E-state index in [1.807, 2.05) is 0 Å². The maximum absolute atomic E-state index is 12.8. The van der Waals surface area contributed by atoms with Gasteiger partial charge < -0.3 is 10.1 Å². The Bertz CT molecular complexity index is 536. The van der Waals surface area contributed by atoms with Crippen LogP contribution in [0.4, 0.5) is 0 Å². The van der Waals surface area contributed by atoms with Gasteiger partial charge in [-0.2, -0.15) is 5.48 Å². The number of fused-ring (bicyclic) bond motifs is 1. The summed E-state index contributed by atoms with van der Waals surface area (Å²) >= 11 is 0. The first-order valence-electron chi connectivity index (χ1n) is 11.2. The summed E-state index contributed by atoms with van der Waals surface area (Å²) in [5.41, 5.74) is 6.54. The molecule has 2 aliphatic carbocycles. The van der Waals surface area contributed by atoms with Crippen molar-refractivity contribution >= 4 is 5.91 Å². The summed E-state index contributed by atoms with van der Waals surface area (Å²) in [5, 5.41) is 9.05. The number of rotatable bonds is 7. The van der Waals surface area contributed by atoms with Gasteiger partial charge in [0.25, 0.3) is 0 Å². The second kappa shape index (κ2) is 9.36. The molecule has 2 saturated carbocycles. The number of hydrogen-bond acceptors (Lipinski definition) is 7. The van der Waals surface area contributed by atoms with Crippen LogP contribution in [0.2, 0.25) is 0 Å². The number of carbonyl (C=O) groups is 1. The second-order valence-electron chi connectivity index (χ2n) is 8.92. The number of hydrogen-bond donors (Lipinski definition) is 4. The van der Waals surface area contributed by atoms with Crippen molar-refractivity contribution < 1.29 is 14.4 Å². The van der Waals surface area contributed by atoms with Crippen LogP contribution in [0.25, 0.3) is 0 Å². The molecule has 8 heteroatoms. The van der Waals surface area contributed by atoms with Crippen LogP contribution in [-0.2, 0) is 14.4 Å². The number of nitrogens with one attached hydrogen (secondary N) is 4. The zero-order valence-electron chi connectivity index (χ0n) is 17.3. The molecule has 6 unspecified atom stereocenters. The van der Waals surface area contributed by atoms with E-state index in [4.69, 9.17) is 9.57 Å². The average Bonchev–Trinajstić information content (AvgIpc) is 3.45. The molecule has 0 aromatic rings. The Hall–Kier alpha value is -0.770. The van der Waals surface area contributed by atoms with E-state index < -0.39 is 0 Å². The van der Waals surface area contributed by atoms with Crippen LogP contribution in [0.3, 0.4) is 0 Å². The van der Waals surface area contributed by atoms with E-state index in [1.54, 1.807) is 7.11 Å². The van der Waals surface area contributed by atoms with Crippen LogP contribution in [0.1, 0.15) is 51.9 Å². The summed E-state index contributed by atoms with van der Waals surface area (Å²) in [6.45, 7) is 4.55. The zero-order valence-corrected chi connectivity index (χ0v) is 17.3. The lowest BCUT2D eigenvalue weighted by molar-refractivity contribution is -0.124. The van der Waals surface area contributed by atoms with Gasteiger partial charge in [-0.15, -0.1) is 0 Å². The quantitative estimate of drug-likeness (QED) is 0.505. The van der Waals surface area contributed by atoms with Crippen molar-refractivity contribution in [3.63, 3.8) is 0 Å². The van der Waals surface area contributed by atoms with E-state index >= 15 is 0 Å². The highest BCUT2D eigenvalue weighted by Crippen LogP contribution is 2.45. The molecular weight excluding hydrogens is 358 g/mol. The first-order valence-corrected chi connectivity index (χ1v) is 11.2. The number of nitrogens with zero attached hydrogens (tertiary/aromatic N) is 1. The highest BCUT2D eigenvalue weighted by Gasteiger charge is 2.44. The summed E-state index contributed by atoms with van der Waals surface area (Å²) < 4.78 is 5.13. The standard InChI is InChI=1S/C20H37N5O3/c1-3-18-22-19(24-28-18)14-4-6-15-13(12-14)5-7-16(15)21-20(26)17-8-9-25(23-17)10-11-27-2/h13-19,22-24H,3-12H2,1-2H3,(H,21,26)/t13?,14?,15?,16-,17?,18?,19?/m1/s1. The van der Waals surface area contributed by atoms with E-state index in [2.05, 4.69) is 33.5 Å². The fourth-order valence-electron chi connectivity index (χ4n) is 5.62. The van der Waals surface area contributed by atoms with Gasteiger partial charge in [-0.05, 0) is 62.7 Å². The molecule has 4 fully saturated rings. The molecular formula is C20H37N5O3. The molecule has 8 nitrogen and oxygen atoms in total. The van der Waals surface area contributed by atoms with Gasteiger partial charge in [0.05, 0.1) is 12.8 Å². The summed E-state index contributed by atoms with van der Waals surface area (Å²) in [7, 11) is 1.71. The highest BCUT2D eigenvalue weighted by atomic mass is 16.7. The predicted molar refractivity (Wildman–Crippen MR) is 106 cm³/mol. The molecule has 160 valence electrons. The summed E-state index contributed by atoms with van der Waals surface area (Å²) in [4.78, 5) is 18.4. The third-order valence-corrected chi connectivity index (χ3v) is 7.23. The largest absolute Gasteiger partial charge is 0.383 e. The second-order valence-corrected chi connectivity index (χ2v) is 8.92. The van der Waals surface area contributed by atoms with Gasteiger partial charge in [0.15, 0.2) is 0 Å². The first kappa shape index (κ1) is 20.5. The minimum Gasteiger partial charge on any atom is -0.383 e. The van der Waals surface area contributed by atoms with Crippen molar-refractivity contribution in [1.29, 1.82) is 0 Å². The molecule has 0 aromatic carbocycles. The van der Waals surface area contributed by atoms with Gasteiger partial charge in [0.1, 0.15) is 12.3 Å². The predicted octanol–water partition coefficient (Wildman–Crippen LogP) is 0.709. The Labute approximate surface area is 168 Å². The number of carbonyl (C=O) groups excluding carboxylic acids is 1. The SMILES string of the molecule is CCC1NC(C2CCC3C(CC[C@H]3NC(=O)C3CCN(CCOC)N3)C2)NO1. The maximum Gasteiger partial charge on any atom is 0.238 e. The summed E-state index contributed by atoms with van der Waals surface area (Å²) in [6.07, 6.45) is 8.25. The molecule has 2 aliphatic heterocycles. The van der Waals surface area contributed by atoms with E-state index in [-0.39, 0.29) is 24.3 Å². The minimum absolute atomic E-state index is 0.0951. The fourth-order valence-corrected chi connectivity index (χ4v) is 5.62. The molecule has 2 heterocycles. The fraction of sp³-hybridized carbons (Fsp3) is 0.950. The Balaban J connectivity index is 1.23. The van der Waals surface area contributed by atoms with Crippen molar-refractivity contribution in [2.75, 3.05) is 26.8 Å². The molecule has 4 aliphatic rings. The van der Waals surface area contributed by atoms with Crippen molar-refractivity contribution in [2.24, 2.45) is 17.8 Å². The number of hydroxylamine groups is 1. The molecule has 0 bridgehead atoms. The topological polar surface area (TPSA) is 86.9 Å². The first-order chi connectivity index (χ1) is 13.7. The Morgan fingerprint density at radius 1 is 1.21 bits per heavy atom. The highest BCUT2D eigenvalue weighted by molar-refractivity contribution is 5.82. The molecule has 0 spiro atoms. The Morgan fingerprint density at radius 2 is 2.07 bits per heavy atom. The average molecular weight is 396 g/mol. The lowest BCUT2D eigenvalue weighted by atomic mass is 9.73. The van der Waals surface area contributed by atoms with E-state index in [0.717, 1.165) is 38.3 Å². The summed E-state index contributed by atoms with van der Waals surface area (Å²) in [5.74, 6) is 2.16. The van der Waals surface area contributed by atoms with Gasteiger partial charge in [-0.25, -0.2) is 10.4 Å². The van der Waals surface area contributed by atoms with Crippen LogP contribution in [0.5, 0.6) is 0 Å². The third kappa shape index (κ3) is 4.52. The van der Waals surface area contributed by atoms with Gasteiger partial charge in [0.2, 0.25) is 5.91 Å². The molecule has 4 rings (SSSR count). The normalized spacial score (nSPS) is 41.3. The third-order valence-electron chi connectivity index (χ3n) is 7.23. The van der Waals surface area contributed by atoms with Crippen molar-refractivity contribution in [2.45, 2.75) is 76.3 Å². The minimum atomic E-state index is -0.0951. The van der Waals surface area contributed by atoms with E-state index in [0.29, 0.717) is 24.5 Å². The van der Waals surface area contributed by atoms with Gasteiger partial charge in [0, 0.05) is 26.2 Å². The smallest absolute Gasteiger partial charge is 0.238 e. The van der Waals surface area contributed by atoms with Crippen LogP contribution in [0, 0.1) is 17.8 Å². The van der Waals surface area contributed by atoms with Crippen molar-refractivity contribution in [1.82, 2.24) is 26.5 Å². The molecule has 1 amide bonds. The van der Waals surface area contributed by atoms with Gasteiger partial charge in [-0.3, -0.25) is 14.9 Å². The molecule has 0 aromatic heterocycles. The number of hydrazine groups is 1. The molecule has 2 saturated heterocycles. The van der Waals surface area contributed by atoms with Crippen LogP contribution >= 0.6 is 0 Å². The molecule has 7 atom stereocenters. The van der Waals surface area contributed by atoms with E-state index in [1.165, 1.54) is 25.7 Å². The van der Waals surface area contributed by atoms with Gasteiger partial charge >= 0.3 is 0 Å². The molecule has 0 radical (unpaired) electrons. The lowest BCUT2D eigenvalue weighted by Gasteiger charge is -2.37. The molecule has 28 heavy (non-hydrogen) atoms. The Morgan fingerprint density at radius 3 is 2.86 bits per heavy atom. The number of methoxy groups -OCH3 is 1. The van der Waals surface area contributed by atoms with Crippen LogP contribution in [0.15, 0.2) is 0 Å². The number of amides is 1. The molecule has 4 N–H and O–H groups in total. The van der Waals surface area contributed by atoms with E-state index in [9.17, 15) is 4.79 Å². The summed E-state index contributed by atoms with van der Waals surface area (Å²) in [6, 6.07) is 0.250. The van der Waals surface area contributed by atoms with Crippen molar-refractivity contribution in [3.8, 4) is 0 Å². The monoisotopic (exact) mass is 395 g/mol. The maximum atomic E-state index is 12.8. The lowest BCUT2D eigenvalue weighted by Crippen LogP contribution is -2.50. The van der Waals surface area contributed by atoms with Crippen molar-refractivity contribution in [3.05, 3.63) is 0 Å². The van der Waals surface area contributed by atoms with Crippen LogP contribution in [-0.4, -0.2) is 62.2 Å². The number of ether oxygens (including phenoxy) is 1. The van der Waals surface area contributed by atoms with Crippen LogP contribution < -0.4 is 21.5 Å². The van der Waals surface area contributed by atoms with Gasteiger partial charge in [-0.1, -0.05) is 6.92 Å². The Kier molecular flexibility index (Phi) is 6.85. The zero-order chi connectivity index (χ0) is 19.5.